The molecule has 140 valence electrons. The number of hydrogen-bond donors (Lipinski definition) is 0. The van der Waals surface area contributed by atoms with Crippen molar-refractivity contribution in [2.75, 3.05) is 13.1 Å². The minimum atomic E-state index is 0.0213. The number of ether oxygens (including phenoxy) is 1. The van der Waals surface area contributed by atoms with E-state index in [2.05, 4.69) is 10.1 Å². The summed E-state index contributed by atoms with van der Waals surface area (Å²) in [6.45, 7) is 3.20. The Hall–Kier alpha value is -2.60. The van der Waals surface area contributed by atoms with E-state index < -0.39 is 0 Å². The first-order valence-electron chi connectivity index (χ1n) is 9.02. The van der Waals surface area contributed by atoms with Gasteiger partial charge in [-0.15, -0.1) is 0 Å². The standard InChI is InChI=1S/C20H21ClN4O2/c1-13-17(11-19-18(23-13)12-22-24(19)2)20(26)25-9-7-16(8-10-25)27-15-5-3-14(21)4-6-15/h3-6,11-12,16H,7-10H2,1-2H3. The number of carbonyl (C=O) groups excluding carboxylic acids is 1. The summed E-state index contributed by atoms with van der Waals surface area (Å²) in [4.78, 5) is 19.4. The van der Waals surface area contributed by atoms with Crippen molar-refractivity contribution in [2.24, 2.45) is 7.05 Å². The summed E-state index contributed by atoms with van der Waals surface area (Å²) in [6, 6.07) is 9.28. The number of likely N-dealkylation sites (tertiary alicyclic amines) is 1. The molecule has 0 spiro atoms. The number of aryl methyl sites for hydroxylation is 2. The molecule has 3 heterocycles. The number of halogens is 1. The predicted molar refractivity (Wildman–Crippen MR) is 104 cm³/mol. The van der Waals surface area contributed by atoms with Gasteiger partial charge in [0.25, 0.3) is 5.91 Å². The van der Waals surface area contributed by atoms with Crippen LogP contribution in [0.5, 0.6) is 5.75 Å². The molecule has 1 aromatic carbocycles. The molecule has 1 saturated heterocycles. The van der Waals surface area contributed by atoms with Gasteiger partial charge in [0.1, 0.15) is 17.4 Å². The third-order valence-electron chi connectivity index (χ3n) is 5.00. The molecule has 0 unspecified atom stereocenters. The lowest BCUT2D eigenvalue weighted by atomic mass is 10.1. The first-order chi connectivity index (χ1) is 13.0. The molecule has 1 fully saturated rings. The van der Waals surface area contributed by atoms with Crippen LogP contribution in [-0.2, 0) is 7.05 Å². The van der Waals surface area contributed by atoms with E-state index in [1.165, 1.54) is 0 Å². The second kappa shape index (κ2) is 7.19. The highest BCUT2D eigenvalue weighted by atomic mass is 35.5. The molecule has 1 amide bonds. The molecule has 0 bridgehead atoms. The number of nitrogens with zero attached hydrogens (tertiary/aromatic N) is 4. The van der Waals surface area contributed by atoms with Crippen molar-refractivity contribution in [3.63, 3.8) is 0 Å². The number of carbonyl (C=O) groups is 1. The molecule has 0 N–H and O–H groups in total. The summed E-state index contributed by atoms with van der Waals surface area (Å²) in [7, 11) is 1.85. The van der Waals surface area contributed by atoms with Gasteiger partial charge in [-0.3, -0.25) is 9.48 Å². The van der Waals surface area contributed by atoms with Crippen LogP contribution >= 0.6 is 11.6 Å². The molecule has 0 saturated carbocycles. The fourth-order valence-corrected chi connectivity index (χ4v) is 3.57. The predicted octanol–water partition coefficient (Wildman–Crippen LogP) is 3.61. The summed E-state index contributed by atoms with van der Waals surface area (Å²) in [5.74, 6) is 0.832. The van der Waals surface area contributed by atoms with E-state index in [0.29, 0.717) is 23.7 Å². The number of benzene rings is 1. The Labute approximate surface area is 162 Å². The van der Waals surface area contributed by atoms with Crippen LogP contribution in [0.3, 0.4) is 0 Å². The van der Waals surface area contributed by atoms with Gasteiger partial charge in [0, 0.05) is 38.0 Å². The Morgan fingerprint density at radius 3 is 2.63 bits per heavy atom. The van der Waals surface area contributed by atoms with Crippen LogP contribution in [0.4, 0.5) is 0 Å². The fourth-order valence-electron chi connectivity index (χ4n) is 3.44. The number of rotatable bonds is 3. The van der Waals surface area contributed by atoms with Crippen molar-refractivity contribution in [1.29, 1.82) is 0 Å². The maximum atomic E-state index is 13.0. The van der Waals surface area contributed by atoms with E-state index in [-0.39, 0.29) is 12.0 Å². The molecule has 1 aliphatic rings. The van der Waals surface area contributed by atoms with Crippen LogP contribution in [0.1, 0.15) is 28.9 Å². The molecule has 0 aliphatic carbocycles. The molecular weight excluding hydrogens is 364 g/mol. The number of hydrogen-bond acceptors (Lipinski definition) is 4. The smallest absolute Gasteiger partial charge is 0.255 e. The molecule has 0 radical (unpaired) electrons. The van der Waals surface area contributed by atoms with Crippen molar-refractivity contribution < 1.29 is 9.53 Å². The Morgan fingerprint density at radius 1 is 1.22 bits per heavy atom. The second-order valence-electron chi connectivity index (χ2n) is 6.86. The highest BCUT2D eigenvalue weighted by Gasteiger charge is 2.26. The van der Waals surface area contributed by atoms with Gasteiger partial charge < -0.3 is 9.64 Å². The largest absolute Gasteiger partial charge is 0.490 e. The molecule has 3 aromatic rings. The van der Waals surface area contributed by atoms with Crippen LogP contribution in [0.15, 0.2) is 36.5 Å². The van der Waals surface area contributed by atoms with Crippen molar-refractivity contribution in [2.45, 2.75) is 25.9 Å². The topological polar surface area (TPSA) is 60.2 Å². The van der Waals surface area contributed by atoms with Gasteiger partial charge in [-0.05, 0) is 37.3 Å². The van der Waals surface area contributed by atoms with Crippen LogP contribution in [-0.4, -0.2) is 44.8 Å². The van der Waals surface area contributed by atoms with E-state index in [4.69, 9.17) is 16.3 Å². The normalized spacial score (nSPS) is 15.3. The minimum Gasteiger partial charge on any atom is -0.490 e. The van der Waals surface area contributed by atoms with E-state index >= 15 is 0 Å². The Morgan fingerprint density at radius 2 is 1.93 bits per heavy atom. The maximum Gasteiger partial charge on any atom is 0.255 e. The van der Waals surface area contributed by atoms with Crippen molar-refractivity contribution in [3.05, 3.63) is 52.8 Å². The maximum absolute atomic E-state index is 13.0. The second-order valence-corrected chi connectivity index (χ2v) is 7.29. The lowest BCUT2D eigenvalue weighted by Gasteiger charge is -2.32. The molecule has 2 aromatic heterocycles. The number of fused-ring (bicyclic) bond motifs is 1. The Bertz CT molecular complexity index is 976. The van der Waals surface area contributed by atoms with Crippen LogP contribution < -0.4 is 4.74 Å². The van der Waals surface area contributed by atoms with Gasteiger partial charge in [0.05, 0.1) is 23.0 Å². The Kier molecular flexibility index (Phi) is 4.74. The zero-order chi connectivity index (χ0) is 19.0. The van der Waals surface area contributed by atoms with E-state index in [9.17, 15) is 4.79 Å². The van der Waals surface area contributed by atoms with Gasteiger partial charge in [-0.25, -0.2) is 4.98 Å². The Balaban J connectivity index is 1.43. The van der Waals surface area contributed by atoms with Crippen LogP contribution in [0.2, 0.25) is 5.02 Å². The van der Waals surface area contributed by atoms with Gasteiger partial charge >= 0.3 is 0 Å². The van der Waals surface area contributed by atoms with Gasteiger partial charge in [0.15, 0.2) is 0 Å². The molecule has 1 aliphatic heterocycles. The fraction of sp³-hybridized carbons (Fsp3) is 0.350. The van der Waals surface area contributed by atoms with E-state index in [0.717, 1.165) is 35.3 Å². The summed E-state index contributed by atoms with van der Waals surface area (Å²) < 4.78 is 7.75. The average Bonchev–Trinajstić information content (AvgIpc) is 3.03. The van der Waals surface area contributed by atoms with Gasteiger partial charge in [-0.2, -0.15) is 5.10 Å². The first-order valence-corrected chi connectivity index (χ1v) is 9.40. The zero-order valence-corrected chi connectivity index (χ0v) is 16.1. The summed E-state index contributed by atoms with van der Waals surface area (Å²) >= 11 is 5.91. The third kappa shape index (κ3) is 3.62. The lowest BCUT2D eigenvalue weighted by molar-refractivity contribution is 0.0594. The molecule has 7 heteroatoms. The lowest BCUT2D eigenvalue weighted by Crippen LogP contribution is -2.42. The van der Waals surface area contributed by atoms with Crippen LogP contribution in [0, 0.1) is 6.92 Å². The number of piperidine rings is 1. The molecule has 0 atom stereocenters. The van der Waals surface area contributed by atoms with Crippen molar-refractivity contribution in [3.8, 4) is 5.75 Å². The number of amides is 1. The molecule has 4 rings (SSSR count). The first kappa shape index (κ1) is 17.8. The highest BCUT2D eigenvalue weighted by molar-refractivity contribution is 6.30. The molecular formula is C20H21ClN4O2. The van der Waals surface area contributed by atoms with Crippen LogP contribution in [0.25, 0.3) is 11.0 Å². The number of pyridine rings is 1. The monoisotopic (exact) mass is 384 g/mol. The summed E-state index contributed by atoms with van der Waals surface area (Å²) in [5, 5.41) is 4.90. The SMILES string of the molecule is Cc1nc2cnn(C)c2cc1C(=O)N1CCC(Oc2ccc(Cl)cc2)CC1. The quantitative estimate of drug-likeness (QED) is 0.692. The van der Waals surface area contributed by atoms with Gasteiger partial charge in [-0.1, -0.05) is 11.6 Å². The highest BCUT2D eigenvalue weighted by Crippen LogP contribution is 2.23. The van der Waals surface area contributed by atoms with Crippen molar-refractivity contribution in [1.82, 2.24) is 19.7 Å². The van der Waals surface area contributed by atoms with E-state index in [1.807, 2.05) is 49.2 Å². The summed E-state index contributed by atoms with van der Waals surface area (Å²) in [5.41, 5.74) is 3.05. The molecule has 27 heavy (non-hydrogen) atoms. The van der Waals surface area contributed by atoms with Gasteiger partial charge in [0.2, 0.25) is 0 Å². The van der Waals surface area contributed by atoms with E-state index in [1.54, 1.807) is 10.9 Å². The third-order valence-corrected chi connectivity index (χ3v) is 5.25. The number of aromatic nitrogens is 3. The minimum absolute atomic E-state index is 0.0213. The molecule has 6 nitrogen and oxygen atoms in total. The average molecular weight is 385 g/mol. The summed E-state index contributed by atoms with van der Waals surface area (Å²) in [6.07, 6.45) is 3.42. The van der Waals surface area contributed by atoms with Crippen molar-refractivity contribution >= 4 is 28.5 Å². The zero-order valence-electron chi connectivity index (χ0n) is 15.4.